The number of aldehydes is 1. The molecule has 0 rings (SSSR count). The number of hydrogen-bond donors (Lipinski definition) is 0. The first-order valence-corrected chi connectivity index (χ1v) is 5.08. The van der Waals surface area contributed by atoms with E-state index in [0.717, 1.165) is 13.2 Å². The molecule has 0 unspecified atom stereocenters. The summed E-state index contributed by atoms with van der Waals surface area (Å²) in [4.78, 5) is 19.4. The minimum Gasteiger partial charge on any atom is -0.456 e. The number of carbonyl (C=O) groups excluding carboxylic acids is 2. The van der Waals surface area contributed by atoms with Crippen molar-refractivity contribution in [1.29, 1.82) is 0 Å². The topological polar surface area (TPSA) is 61.8 Å². The summed E-state index contributed by atoms with van der Waals surface area (Å²) in [5, 5.41) is 0. The van der Waals surface area contributed by atoms with Crippen LogP contribution in [0.15, 0.2) is 12.7 Å². The molecule has 16 heavy (non-hydrogen) atoms. The van der Waals surface area contributed by atoms with Crippen molar-refractivity contribution in [2.24, 2.45) is 0 Å². The molecule has 0 spiro atoms. The maximum absolute atomic E-state index is 9.93. The lowest BCUT2D eigenvalue weighted by molar-refractivity contribution is -0.147. The smallest absolute Gasteiger partial charge is 0.371 e. The van der Waals surface area contributed by atoms with Crippen LogP contribution < -0.4 is 0 Å². The molecule has 0 heterocycles. The number of esters is 1. The van der Waals surface area contributed by atoms with Gasteiger partial charge in [-0.2, -0.15) is 0 Å². The summed E-state index contributed by atoms with van der Waals surface area (Å²) in [6.45, 7) is 10.6. The van der Waals surface area contributed by atoms with Gasteiger partial charge in [0.15, 0.2) is 6.29 Å². The molecule has 0 saturated carbocycles. The molecule has 0 N–H and O–H groups in total. The molecule has 0 aromatic carbocycles. The van der Waals surface area contributed by atoms with E-state index in [-0.39, 0.29) is 19.2 Å². The van der Waals surface area contributed by atoms with Crippen LogP contribution in [0, 0.1) is 0 Å². The fraction of sp³-hybridized carbons (Fsp3) is 0.636. The second kappa shape index (κ2) is 13.8. The normalized spacial score (nSPS) is 9.00. The zero-order valence-electron chi connectivity index (χ0n) is 10.1. The summed E-state index contributed by atoms with van der Waals surface area (Å²) in [6.07, 6.45) is 1.47. The molecular weight excluding hydrogens is 212 g/mol. The van der Waals surface area contributed by atoms with E-state index in [1.54, 1.807) is 0 Å². The van der Waals surface area contributed by atoms with Crippen molar-refractivity contribution in [2.45, 2.75) is 27.1 Å². The molecule has 0 aromatic heterocycles. The van der Waals surface area contributed by atoms with E-state index in [9.17, 15) is 9.59 Å². The quantitative estimate of drug-likeness (QED) is 0.218. The third-order valence-corrected chi connectivity index (χ3v) is 1.24. The van der Waals surface area contributed by atoms with Crippen LogP contribution in [0.4, 0.5) is 0 Å². The Hall–Kier alpha value is -1.20. The highest BCUT2D eigenvalue weighted by atomic mass is 16.7. The standard InChI is InChI=1S/C6H14O2.C5H6O3/c1-4-7-6(3)8-5-2;1-2-3-8-5(7)4-6/h6H,4-5H2,1-3H3;2,4H,1,3H2. The Kier molecular flexibility index (Phi) is 14.8. The Morgan fingerprint density at radius 1 is 1.31 bits per heavy atom. The molecule has 0 bridgehead atoms. The van der Waals surface area contributed by atoms with Crippen molar-refractivity contribution in [3.05, 3.63) is 12.7 Å². The predicted molar refractivity (Wildman–Crippen MR) is 59.9 cm³/mol. The van der Waals surface area contributed by atoms with Crippen LogP contribution in [-0.4, -0.2) is 38.4 Å². The zero-order chi connectivity index (χ0) is 12.8. The number of carbonyl (C=O) groups is 2. The fourth-order valence-corrected chi connectivity index (χ4v) is 0.693. The fourth-order valence-electron chi connectivity index (χ4n) is 0.693. The third kappa shape index (κ3) is 15.3. The molecule has 0 amide bonds. The molecular formula is C11H20O5. The van der Waals surface area contributed by atoms with Crippen LogP contribution in [-0.2, 0) is 23.8 Å². The van der Waals surface area contributed by atoms with E-state index in [1.807, 2.05) is 20.8 Å². The van der Waals surface area contributed by atoms with E-state index < -0.39 is 5.97 Å². The van der Waals surface area contributed by atoms with Crippen LogP contribution in [0.1, 0.15) is 20.8 Å². The van der Waals surface area contributed by atoms with Gasteiger partial charge in [-0.05, 0) is 20.8 Å². The van der Waals surface area contributed by atoms with Crippen LogP contribution >= 0.6 is 0 Å². The van der Waals surface area contributed by atoms with Crippen molar-refractivity contribution in [2.75, 3.05) is 19.8 Å². The van der Waals surface area contributed by atoms with Crippen LogP contribution in [0.2, 0.25) is 0 Å². The van der Waals surface area contributed by atoms with Gasteiger partial charge in [0.25, 0.3) is 0 Å². The molecule has 94 valence electrons. The SMILES string of the molecule is C=CCOC(=O)C=O.CCOC(C)OCC. The van der Waals surface area contributed by atoms with E-state index in [2.05, 4.69) is 11.3 Å². The van der Waals surface area contributed by atoms with Crippen LogP contribution in [0.3, 0.4) is 0 Å². The number of ether oxygens (including phenoxy) is 3. The summed E-state index contributed by atoms with van der Waals surface area (Å²) in [6, 6.07) is 0. The van der Waals surface area contributed by atoms with Gasteiger partial charge in [0.1, 0.15) is 6.61 Å². The Labute approximate surface area is 96.4 Å². The maximum Gasteiger partial charge on any atom is 0.371 e. The maximum atomic E-state index is 9.93. The Balaban J connectivity index is 0. The first-order valence-electron chi connectivity index (χ1n) is 5.08. The largest absolute Gasteiger partial charge is 0.456 e. The summed E-state index contributed by atoms with van der Waals surface area (Å²) >= 11 is 0. The summed E-state index contributed by atoms with van der Waals surface area (Å²) in [7, 11) is 0. The summed E-state index contributed by atoms with van der Waals surface area (Å²) in [5.41, 5.74) is 0. The van der Waals surface area contributed by atoms with Gasteiger partial charge >= 0.3 is 5.97 Å². The highest BCUT2D eigenvalue weighted by Crippen LogP contribution is 1.90. The average Bonchev–Trinajstić information content (AvgIpc) is 2.27. The second-order valence-electron chi connectivity index (χ2n) is 2.51. The predicted octanol–water partition coefficient (Wildman–Crippen LogP) is 1.32. The minimum atomic E-state index is -0.857. The van der Waals surface area contributed by atoms with Crippen molar-refractivity contribution in [1.82, 2.24) is 0 Å². The van der Waals surface area contributed by atoms with Gasteiger partial charge in [-0.3, -0.25) is 4.79 Å². The summed E-state index contributed by atoms with van der Waals surface area (Å²) < 4.78 is 14.3. The zero-order valence-corrected chi connectivity index (χ0v) is 10.1. The van der Waals surface area contributed by atoms with Crippen molar-refractivity contribution in [3.63, 3.8) is 0 Å². The lowest BCUT2D eigenvalue weighted by atomic mass is 10.7. The van der Waals surface area contributed by atoms with E-state index >= 15 is 0 Å². The molecule has 0 aliphatic rings. The summed E-state index contributed by atoms with van der Waals surface area (Å²) in [5.74, 6) is -0.857. The van der Waals surface area contributed by atoms with Crippen LogP contribution in [0.5, 0.6) is 0 Å². The molecule has 0 saturated heterocycles. The molecule has 0 aliphatic heterocycles. The van der Waals surface area contributed by atoms with Gasteiger partial charge in [0.05, 0.1) is 0 Å². The monoisotopic (exact) mass is 232 g/mol. The molecule has 0 aliphatic carbocycles. The molecule has 5 heteroatoms. The number of rotatable bonds is 7. The lowest BCUT2D eigenvalue weighted by Gasteiger charge is -2.09. The minimum absolute atomic E-state index is 0.0370. The van der Waals surface area contributed by atoms with Crippen molar-refractivity contribution in [3.8, 4) is 0 Å². The van der Waals surface area contributed by atoms with Gasteiger partial charge in [-0.15, -0.1) is 0 Å². The number of hydrogen-bond acceptors (Lipinski definition) is 5. The van der Waals surface area contributed by atoms with Gasteiger partial charge < -0.3 is 14.2 Å². The first-order chi connectivity index (χ1) is 7.62. The van der Waals surface area contributed by atoms with Gasteiger partial charge in [0.2, 0.25) is 6.29 Å². The Bertz CT molecular complexity index is 185. The van der Waals surface area contributed by atoms with E-state index in [4.69, 9.17) is 9.47 Å². The molecule has 5 nitrogen and oxygen atoms in total. The van der Waals surface area contributed by atoms with E-state index in [1.165, 1.54) is 6.08 Å². The average molecular weight is 232 g/mol. The first kappa shape index (κ1) is 17.2. The Morgan fingerprint density at radius 2 is 1.81 bits per heavy atom. The molecule has 0 radical (unpaired) electrons. The van der Waals surface area contributed by atoms with Gasteiger partial charge in [-0.1, -0.05) is 12.7 Å². The van der Waals surface area contributed by atoms with E-state index in [0.29, 0.717) is 0 Å². The van der Waals surface area contributed by atoms with Crippen molar-refractivity contribution >= 4 is 12.3 Å². The Morgan fingerprint density at radius 3 is 2.12 bits per heavy atom. The highest BCUT2D eigenvalue weighted by molar-refractivity contribution is 6.20. The molecule has 0 fully saturated rings. The molecule has 0 aromatic rings. The van der Waals surface area contributed by atoms with Gasteiger partial charge in [-0.25, -0.2) is 4.79 Å². The van der Waals surface area contributed by atoms with Crippen LogP contribution in [0.25, 0.3) is 0 Å². The highest BCUT2D eigenvalue weighted by Gasteiger charge is 1.94. The molecule has 0 atom stereocenters. The third-order valence-electron chi connectivity index (χ3n) is 1.24. The lowest BCUT2D eigenvalue weighted by Crippen LogP contribution is -2.11. The second-order valence-corrected chi connectivity index (χ2v) is 2.51. The van der Waals surface area contributed by atoms with Crippen molar-refractivity contribution < 1.29 is 23.8 Å². The van der Waals surface area contributed by atoms with Gasteiger partial charge in [0, 0.05) is 13.2 Å².